The first-order valence-corrected chi connectivity index (χ1v) is 9.43. The molecule has 1 amide bonds. The van der Waals surface area contributed by atoms with E-state index < -0.39 is 10.3 Å². The fourth-order valence-electron chi connectivity index (χ4n) is 3.24. The van der Waals surface area contributed by atoms with Crippen molar-refractivity contribution in [2.45, 2.75) is 19.3 Å². The van der Waals surface area contributed by atoms with Crippen LogP contribution in [0.25, 0.3) is 0 Å². The van der Waals surface area contributed by atoms with E-state index in [-0.39, 0.29) is 23.0 Å². The average molecular weight is 401 g/mol. The van der Waals surface area contributed by atoms with E-state index in [1.165, 1.54) is 18.2 Å². The van der Waals surface area contributed by atoms with Crippen molar-refractivity contribution >= 4 is 17.3 Å². The van der Waals surface area contributed by atoms with Gasteiger partial charge in [0.25, 0.3) is 11.6 Å². The van der Waals surface area contributed by atoms with Crippen LogP contribution in [0, 0.1) is 15.9 Å². The highest BCUT2D eigenvalue weighted by molar-refractivity contribution is 5.95. The second kappa shape index (κ2) is 8.57. The van der Waals surface area contributed by atoms with Crippen LogP contribution in [0.5, 0.6) is 0 Å². The summed E-state index contributed by atoms with van der Waals surface area (Å²) in [6.07, 6.45) is 0. The first kappa shape index (κ1) is 20.7. The summed E-state index contributed by atoms with van der Waals surface area (Å²) in [4.78, 5) is 25.3. The maximum absolute atomic E-state index is 13.6. The van der Waals surface area contributed by atoms with Gasteiger partial charge < -0.3 is 15.0 Å². The third-order valence-electron chi connectivity index (χ3n) is 5.07. The predicted octanol–water partition coefficient (Wildman–Crippen LogP) is 3.60. The van der Waals surface area contributed by atoms with Crippen LogP contribution in [0.3, 0.4) is 0 Å². The van der Waals surface area contributed by atoms with Crippen LogP contribution in [-0.4, -0.2) is 48.6 Å². The van der Waals surface area contributed by atoms with E-state index in [0.29, 0.717) is 38.5 Å². The molecule has 1 heterocycles. The highest BCUT2D eigenvalue weighted by Gasteiger charge is 2.25. The minimum atomic E-state index is -0.506. The van der Waals surface area contributed by atoms with Gasteiger partial charge in [0.05, 0.1) is 18.1 Å². The molecular weight excluding hydrogens is 377 g/mol. The quantitative estimate of drug-likeness (QED) is 0.591. The summed E-state index contributed by atoms with van der Waals surface area (Å²) in [5.74, 6) is -0.574. The zero-order valence-electron chi connectivity index (χ0n) is 16.5. The van der Waals surface area contributed by atoms with Gasteiger partial charge in [-0.1, -0.05) is 26.0 Å². The van der Waals surface area contributed by atoms with Gasteiger partial charge in [-0.3, -0.25) is 14.9 Å². The van der Waals surface area contributed by atoms with Crippen molar-refractivity contribution in [1.29, 1.82) is 0 Å². The van der Waals surface area contributed by atoms with Crippen molar-refractivity contribution in [3.63, 3.8) is 0 Å². The van der Waals surface area contributed by atoms with E-state index in [0.717, 1.165) is 5.56 Å². The minimum absolute atomic E-state index is 0.167. The Morgan fingerprint density at radius 1 is 1.24 bits per heavy atom. The van der Waals surface area contributed by atoms with Crippen LogP contribution in [0.15, 0.2) is 42.5 Å². The molecule has 7 nitrogen and oxygen atoms in total. The van der Waals surface area contributed by atoms with Gasteiger partial charge in [0.15, 0.2) is 0 Å². The molecule has 0 unspecified atom stereocenters. The predicted molar refractivity (Wildman–Crippen MR) is 108 cm³/mol. The van der Waals surface area contributed by atoms with Crippen LogP contribution in [0.2, 0.25) is 0 Å². The number of ether oxygens (including phenoxy) is 1. The van der Waals surface area contributed by atoms with Gasteiger partial charge in [0, 0.05) is 36.7 Å². The maximum atomic E-state index is 13.6. The van der Waals surface area contributed by atoms with E-state index in [9.17, 15) is 19.3 Å². The lowest BCUT2D eigenvalue weighted by molar-refractivity contribution is -0.384. The number of nitrogens with one attached hydrogen (secondary N) is 1. The second-order valence-electron chi connectivity index (χ2n) is 7.64. The summed E-state index contributed by atoms with van der Waals surface area (Å²) in [5.41, 5.74) is 0.746. The second-order valence-corrected chi connectivity index (χ2v) is 7.64. The summed E-state index contributed by atoms with van der Waals surface area (Å²) >= 11 is 0. The number of carbonyl (C=O) groups is 1. The summed E-state index contributed by atoms with van der Waals surface area (Å²) in [5, 5.41) is 14.7. The highest BCUT2D eigenvalue weighted by Crippen LogP contribution is 2.29. The van der Waals surface area contributed by atoms with Crippen molar-refractivity contribution in [2.24, 2.45) is 0 Å². The van der Waals surface area contributed by atoms with E-state index in [1.807, 2.05) is 19.9 Å². The van der Waals surface area contributed by atoms with Crippen LogP contribution in [-0.2, 0) is 10.2 Å². The molecule has 0 aromatic heterocycles. The first-order chi connectivity index (χ1) is 13.8. The molecular formula is C21H24FN3O4. The fraction of sp³-hybridized carbons (Fsp3) is 0.381. The molecule has 8 heteroatoms. The number of amides is 1. The Morgan fingerprint density at radius 3 is 2.62 bits per heavy atom. The zero-order valence-corrected chi connectivity index (χ0v) is 16.5. The molecule has 0 aliphatic carbocycles. The third-order valence-corrected chi connectivity index (χ3v) is 5.07. The number of hydrogen-bond donors (Lipinski definition) is 1. The maximum Gasteiger partial charge on any atom is 0.293 e. The Kier molecular flexibility index (Phi) is 6.12. The van der Waals surface area contributed by atoms with Crippen LogP contribution < -0.4 is 5.32 Å². The molecule has 0 saturated carbocycles. The number of benzene rings is 2. The summed E-state index contributed by atoms with van der Waals surface area (Å²) in [6.45, 7) is 6.07. The molecule has 3 rings (SSSR count). The van der Waals surface area contributed by atoms with E-state index >= 15 is 0 Å². The molecule has 1 N–H and O–H groups in total. The molecule has 1 aliphatic rings. The largest absolute Gasteiger partial charge is 0.379 e. The molecule has 0 radical (unpaired) electrons. The smallest absolute Gasteiger partial charge is 0.293 e. The standard InChI is InChI=1S/C21H24FN3O4/c1-21(2,16-4-3-5-17(22)13-16)14-23-18-7-6-15(12-19(18)25(27)28)20(26)24-8-10-29-11-9-24/h3-7,12-13,23H,8-11,14H2,1-2H3. The Bertz CT molecular complexity index is 911. The highest BCUT2D eigenvalue weighted by atomic mass is 19.1. The van der Waals surface area contributed by atoms with E-state index in [2.05, 4.69) is 5.32 Å². The Hall–Kier alpha value is -3.00. The molecule has 0 atom stereocenters. The summed E-state index contributed by atoms with van der Waals surface area (Å²) in [7, 11) is 0. The zero-order chi connectivity index (χ0) is 21.0. The van der Waals surface area contributed by atoms with Gasteiger partial charge >= 0.3 is 0 Å². The molecule has 1 fully saturated rings. The number of nitro benzene ring substituents is 1. The van der Waals surface area contributed by atoms with Gasteiger partial charge in [0.1, 0.15) is 11.5 Å². The number of carbonyl (C=O) groups excluding carboxylic acids is 1. The van der Waals surface area contributed by atoms with Crippen LogP contribution >= 0.6 is 0 Å². The molecule has 1 saturated heterocycles. The number of rotatable bonds is 6. The molecule has 2 aromatic rings. The van der Waals surface area contributed by atoms with Gasteiger partial charge in [-0.15, -0.1) is 0 Å². The SMILES string of the molecule is CC(C)(CNc1ccc(C(=O)N2CCOCC2)cc1[N+](=O)[O-])c1cccc(F)c1. The molecule has 29 heavy (non-hydrogen) atoms. The fourth-order valence-corrected chi connectivity index (χ4v) is 3.24. The lowest BCUT2D eigenvalue weighted by Gasteiger charge is -2.27. The minimum Gasteiger partial charge on any atom is -0.379 e. The first-order valence-electron chi connectivity index (χ1n) is 9.43. The normalized spacial score (nSPS) is 14.5. The Labute approximate surface area is 168 Å². The topological polar surface area (TPSA) is 84.7 Å². The number of halogens is 1. The van der Waals surface area contributed by atoms with Crippen molar-refractivity contribution in [2.75, 3.05) is 38.2 Å². The van der Waals surface area contributed by atoms with Gasteiger partial charge in [0.2, 0.25) is 0 Å². The molecule has 0 bridgehead atoms. The number of morpholine rings is 1. The average Bonchev–Trinajstić information content (AvgIpc) is 2.72. The molecule has 2 aromatic carbocycles. The molecule has 154 valence electrons. The summed E-state index contributed by atoms with van der Waals surface area (Å²) < 4.78 is 18.8. The van der Waals surface area contributed by atoms with E-state index in [1.54, 1.807) is 23.1 Å². The van der Waals surface area contributed by atoms with Gasteiger partial charge in [-0.05, 0) is 29.8 Å². The Morgan fingerprint density at radius 2 is 1.97 bits per heavy atom. The number of anilines is 1. The van der Waals surface area contributed by atoms with Crippen LogP contribution in [0.4, 0.5) is 15.8 Å². The lowest BCUT2D eigenvalue weighted by Crippen LogP contribution is -2.40. The van der Waals surface area contributed by atoms with Gasteiger partial charge in [-0.2, -0.15) is 0 Å². The van der Waals surface area contributed by atoms with Gasteiger partial charge in [-0.25, -0.2) is 4.39 Å². The number of hydrogen-bond acceptors (Lipinski definition) is 5. The number of nitrogens with zero attached hydrogens (tertiary/aromatic N) is 2. The van der Waals surface area contributed by atoms with E-state index in [4.69, 9.17) is 4.74 Å². The summed E-state index contributed by atoms with van der Waals surface area (Å²) in [6, 6.07) is 10.7. The number of nitro groups is 1. The van der Waals surface area contributed by atoms with Crippen molar-refractivity contribution in [1.82, 2.24) is 4.90 Å². The van der Waals surface area contributed by atoms with Crippen molar-refractivity contribution in [3.05, 3.63) is 69.5 Å². The Balaban J connectivity index is 1.78. The monoisotopic (exact) mass is 401 g/mol. The lowest BCUT2D eigenvalue weighted by atomic mass is 9.84. The molecule has 0 spiro atoms. The van der Waals surface area contributed by atoms with Crippen molar-refractivity contribution in [3.8, 4) is 0 Å². The van der Waals surface area contributed by atoms with Crippen molar-refractivity contribution < 1.29 is 18.8 Å². The molecule has 1 aliphatic heterocycles. The third kappa shape index (κ3) is 4.89. The van der Waals surface area contributed by atoms with Crippen LogP contribution in [0.1, 0.15) is 29.8 Å².